The molecule has 0 saturated heterocycles. The zero-order valence-corrected chi connectivity index (χ0v) is 9.72. The molecule has 1 rings (SSSR count). The molecule has 0 aliphatic carbocycles. The van der Waals surface area contributed by atoms with E-state index >= 15 is 0 Å². The summed E-state index contributed by atoms with van der Waals surface area (Å²) in [4.78, 5) is 23.7. The van der Waals surface area contributed by atoms with E-state index in [2.05, 4.69) is 6.58 Å². The topological polar surface area (TPSA) is 57.6 Å². The van der Waals surface area contributed by atoms with Crippen molar-refractivity contribution in [3.05, 3.63) is 42.5 Å². The molecule has 0 bridgehead atoms. The van der Waals surface area contributed by atoms with E-state index in [-0.39, 0.29) is 5.56 Å². The number of carbonyl (C=O) groups is 2. The van der Waals surface area contributed by atoms with E-state index in [1.54, 1.807) is 12.1 Å². The Hall–Kier alpha value is -2.10. The number of rotatable bonds is 6. The fourth-order valence-corrected chi connectivity index (χ4v) is 1.40. The van der Waals surface area contributed by atoms with Crippen LogP contribution in [0.25, 0.3) is 0 Å². The van der Waals surface area contributed by atoms with Crippen molar-refractivity contribution in [1.29, 1.82) is 0 Å². The molecule has 0 spiro atoms. The summed E-state index contributed by atoms with van der Waals surface area (Å²) in [6.45, 7) is 4.48. The highest BCUT2D eigenvalue weighted by Gasteiger charge is 2.14. The fourth-order valence-electron chi connectivity index (χ4n) is 1.40. The third-order valence-corrected chi connectivity index (χ3v) is 2.43. The zero-order valence-electron chi connectivity index (χ0n) is 9.72. The molecule has 0 aliphatic heterocycles. The van der Waals surface area contributed by atoms with Gasteiger partial charge in [-0.05, 0) is 30.7 Å². The lowest BCUT2D eigenvalue weighted by Gasteiger charge is -2.18. The van der Waals surface area contributed by atoms with Gasteiger partial charge in [0.15, 0.2) is 0 Å². The Morgan fingerprint density at radius 2 is 1.94 bits per heavy atom. The van der Waals surface area contributed by atoms with Crippen molar-refractivity contribution in [3.8, 4) is 0 Å². The van der Waals surface area contributed by atoms with Crippen LogP contribution in [0.2, 0.25) is 0 Å². The van der Waals surface area contributed by atoms with Gasteiger partial charge in [-0.25, -0.2) is 4.79 Å². The van der Waals surface area contributed by atoms with Crippen molar-refractivity contribution < 1.29 is 14.7 Å². The second-order valence-corrected chi connectivity index (χ2v) is 3.68. The predicted octanol–water partition coefficient (Wildman–Crippen LogP) is 1.97. The fraction of sp³-hybridized carbons (Fsp3) is 0.231. The number of hydrogen-bond donors (Lipinski definition) is 1. The summed E-state index contributed by atoms with van der Waals surface area (Å²) in [5.74, 6) is -2.32. The molecule has 0 radical (unpaired) electrons. The second kappa shape index (κ2) is 5.84. The SMILES string of the molecule is C=CCCN(C)c1ccc(C(=O)C(=O)O)cc1. The van der Waals surface area contributed by atoms with E-state index < -0.39 is 11.8 Å². The summed E-state index contributed by atoms with van der Waals surface area (Å²) in [5.41, 5.74) is 1.13. The minimum absolute atomic E-state index is 0.193. The minimum Gasteiger partial charge on any atom is -0.475 e. The average molecular weight is 233 g/mol. The number of nitrogens with zero attached hydrogens (tertiary/aromatic N) is 1. The first kappa shape index (κ1) is 13.0. The highest BCUT2D eigenvalue weighted by molar-refractivity contribution is 6.39. The van der Waals surface area contributed by atoms with E-state index in [1.165, 1.54) is 12.1 Å². The van der Waals surface area contributed by atoms with Gasteiger partial charge >= 0.3 is 5.97 Å². The van der Waals surface area contributed by atoms with Crippen LogP contribution >= 0.6 is 0 Å². The van der Waals surface area contributed by atoms with Gasteiger partial charge in [-0.2, -0.15) is 0 Å². The van der Waals surface area contributed by atoms with Gasteiger partial charge in [0.25, 0.3) is 5.78 Å². The van der Waals surface area contributed by atoms with Crippen molar-refractivity contribution in [2.45, 2.75) is 6.42 Å². The molecule has 4 heteroatoms. The second-order valence-electron chi connectivity index (χ2n) is 3.68. The first-order valence-corrected chi connectivity index (χ1v) is 5.26. The molecular weight excluding hydrogens is 218 g/mol. The van der Waals surface area contributed by atoms with E-state index in [0.29, 0.717) is 0 Å². The summed E-state index contributed by atoms with van der Waals surface area (Å²) in [6, 6.07) is 6.52. The monoisotopic (exact) mass is 233 g/mol. The highest BCUT2D eigenvalue weighted by atomic mass is 16.4. The Morgan fingerprint density at radius 1 is 1.35 bits per heavy atom. The Balaban J connectivity index is 2.77. The Kier molecular flexibility index (Phi) is 4.46. The molecule has 17 heavy (non-hydrogen) atoms. The van der Waals surface area contributed by atoms with Gasteiger partial charge in [0.2, 0.25) is 0 Å². The normalized spacial score (nSPS) is 9.71. The van der Waals surface area contributed by atoms with Gasteiger partial charge in [0.05, 0.1) is 0 Å². The number of aliphatic carboxylic acids is 1. The van der Waals surface area contributed by atoms with Crippen LogP contribution in [0.5, 0.6) is 0 Å². The lowest BCUT2D eigenvalue weighted by Crippen LogP contribution is -2.18. The number of carboxylic acids is 1. The molecule has 0 aliphatic rings. The maximum atomic E-state index is 11.2. The molecule has 0 atom stereocenters. The van der Waals surface area contributed by atoms with Crippen LogP contribution in [-0.4, -0.2) is 30.5 Å². The Bertz CT molecular complexity index is 423. The molecule has 0 heterocycles. The molecule has 0 fully saturated rings. The summed E-state index contributed by atoms with van der Waals surface area (Å²) >= 11 is 0. The number of carboxylic acid groups (broad SMARTS) is 1. The van der Waals surface area contributed by atoms with E-state index in [4.69, 9.17) is 5.11 Å². The van der Waals surface area contributed by atoms with E-state index in [1.807, 2.05) is 18.0 Å². The van der Waals surface area contributed by atoms with Crippen molar-refractivity contribution >= 4 is 17.4 Å². The van der Waals surface area contributed by atoms with Crippen LogP contribution in [0, 0.1) is 0 Å². The largest absolute Gasteiger partial charge is 0.475 e. The zero-order chi connectivity index (χ0) is 12.8. The number of Topliss-reactive ketones (excluding diaryl/α,β-unsaturated/α-hetero) is 1. The van der Waals surface area contributed by atoms with Crippen LogP contribution in [0.3, 0.4) is 0 Å². The first-order valence-electron chi connectivity index (χ1n) is 5.26. The molecule has 1 aromatic carbocycles. The number of hydrogen-bond acceptors (Lipinski definition) is 3. The highest BCUT2D eigenvalue weighted by Crippen LogP contribution is 2.14. The van der Waals surface area contributed by atoms with E-state index in [9.17, 15) is 9.59 Å². The van der Waals surface area contributed by atoms with E-state index in [0.717, 1.165) is 18.7 Å². The third-order valence-electron chi connectivity index (χ3n) is 2.43. The molecule has 0 amide bonds. The molecule has 90 valence electrons. The van der Waals surface area contributed by atoms with Gasteiger partial charge in [0.1, 0.15) is 0 Å². The standard InChI is InChI=1S/C13H15NO3/c1-3-4-9-14(2)11-7-5-10(6-8-11)12(15)13(16)17/h3,5-8H,1,4,9H2,2H3,(H,16,17). The Morgan fingerprint density at radius 3 is 2.41 bits per heavy atom. The minimum atomic E-state index is -1.43. The first-order chi connectivity index (χ1) is 8.06. The van der Waals surface area contributed by atoms with Gasteiger partial charge in [0, 0.05) is 24.8 Å². The van der Waals surface area contributed by atoms with Crippen LogP contribution in [0.4, 0.5) is 5.69 Å². The number of ketones is 1. The quantitative estimate of drug-likeness (QED) is 0.463. The van der Waals surface area contributed by atoms with Gasteiger partial charge < -0.3 is 10.0 Å². The van der Waals surface area contributed by atoms with Crippen molar-refractivity contribution in [1.82, 2.24) is 0 Å². The van der Waals surface area contributed by atoms with Crippen molar-refractivity contribution in [3.63, 3.8) is 0 Å². The molecule has 0 saturated carbocycles. The maximum absolute atomic E-state index is 11.2. The average Bonchev–Trinajstić information content (AvgIpc) is 2.35. The van der Waals surface area contributed by atoms with Crippen molar-refractivity contribution in [2.75, 3.05) is 18.5 Å². The third kappa shape index (κ3) is 3.45. The van der Waals surface area contributed by atoms with Crippen molar-refractivity contribution in [2.24, 2.45) is 0 Å². The number of carbonyl (C=O) groups excluding carboxylic acids is 1. The molecule has 0 aromatic heterocycles. The van der Waals surface area contributed by atoms with Gasteiger partial charge in [-0.1, -0.05) is 6.08 Å². The molecule has 4 nitrogen and oxygen atoms in total. The lowest BCUT2D eigenvalue weighted by molar-refractivity contribution is -0.131. The summed E-state index contributed by atoms with van der Waals surface area (Å²) in [6.07, 6.45) is 2.70. The summed E-state index contributed by atoms with van der Waals surface area (Å²) in [5, 5.41) is 8.56. The summed E-state index contributed by atoms with van der Waals surface area (Å²) < 4.78 is 0. The molecule has 0 unspecified atom stereocenters. The molecular formula is C13H15NO3. The maximum Gasteiger partial charge on any atom is 0.377 e. The van der Waals surface area contributed by atoms with Crippen LogP contribution in [-0.2, 0) is 4.79 Å². The van der Waals surface area contributed by atoms with Gasteiger partial charge in [-0.3, -0.25) is 4.79 Å². The van der Waals surface area contributed by atoms with Crippen LogP contribution in [0.1, 0.15) is 16.8 Å². The Labute approximate surface area is 100 Å². The summed E-state index contributed by atoms with van der Waals surface area (Å²) in [7, 11) is 1.93. The smallest absolute Gasteiger partial charge is 0.377 e. The molecule has 1 aromatic rings. The van der Waals surface area contributed by atoms with Gasteiger partial charge in [-0.15, -0.1) is 6.58 Å². The lowest BCUT2D eigenvalue weighted by atomic mass is 10.1. The number of benzene rings is 1. The molecule has 1 N–H and O–H groups in total. The predicted molar refractivity (Wildman–Crippen MR) is 66.5 cm³/mol. The van der Waals surface area contributed by atoms with Crippen LogP contribution < -0.4 is 4.90 Å². The van der Waals surface area contributed by atoms with Crippen LogP contribution in [0.15, 0.2) is 36.9 Å². The number of anilines is 1.